The van der Waals surface area contributed by atoms with E-state index >= 15 is 0 Å². The molecule has 0 aromatic rings. The minimum absolute atomic E-state index is 0.0833. The number of rotatable bonds is 0. The lowest BCUT2D eigenvalue weighted by molar-refractivity contribution is -0.190. The molecule has 0 radical (unpaired) electrons. The van der Waals surface area contributed by atoms with Gasteiger partial charge in [-0.3, -0.25) is 0 Å². The summed E-state index contributed by atoms with van der Waals surface area (Å²) in [5.74, 6) is 2.26. The number of hydrogen-bond donors (Lipinski definition) is 2. The normalized spacial score (nSPS) is 60.0. The maximum Gasteiger partial charge on any atom is 0.0599 e. The first-order valence-electron chi connectivity index (χ1n) is 9.33. The largest absolute Gasteiger partial charge is 0.393 e. The van der Waals surface area contributed by atoms with Gasteiger partial charge in [-0.05, 0) is 73.0 Å². The summed E-state index contributed by atoms with van der Waals surface area (Å²) < 4.78 is 0. The molecule has 0 aromatic carbocycles. The van der Waals surface area contributed by atoms with Crippen LogP contribution in [-0.2, 0) is 0 Å². The molecule has 0 aliphatic heterocycles. The first-order valence-corrected chi connectivity index (χ1v) is 9.33. The van der Waals surface area contributed by atoms with Crippen LogP contribution in [0.3, 0.4) is 0 Å². The van der Waals surface area contributed by atoms with Crippen molar-refractivity contribution in [3.8, 4) is 0 Å². The van der Waals surface area contributed by atoms with Crippen molar-refractivity contribution in [2.75, 3.05) is 0 Å². The first-order chi connectivity index (χ1) is 9.97. The molecule has 0 saturated heterocycles. The first kappa shape index (κ1) is 14.5. The van der Waals surface area contributed by atoms with Crippen molar-refractivity contribution in [3.63, 3.8) is 0 Å². The molecule has 0 heterocycles. The number of aliphatic hydroxyl groups excluding tert-OH is 2. The second-order valence-corrected chi connectivity index (χ2v) is 9.19. The van der Waals surface area contributed by atoms with Crippen molar-refractivity contribution < 1.29 is 10.2 Å². The van der Waals surface area contributed by atoms with Gasteiger partial charge in [-0.25, -0.2) is 0 Å². The standard InChI is InChI=1S/C19H32O2/c1-18-8-4-3-6-12(18)10-15(20)17-13-7-5-9-19(13,2)16(21)11-14(17)18/h12-17,20-21H,3-11H2,1-2H3/t12-,13+,14+,15+,16+,17+,18+,19-/m1/s1. The van der Waals surface area contributed by atoms with Crippen LogP contribution < -0.4 is 0 Å². The summed E-state index contributed by atoms with van der Waals surface area (Å²) in [5, 5.41) is 21.8. The van der Waals surface area contributed by atoms with Crippen molar-refractivity contribution >= 4 is 0 Å². The summed E-state index contributed by atoms with van der Waals surface area (Å²) in [7, 11) is 0. The van der Waals surface area contributed by atoms with Gasteiger partial charge >= 0.3 is 0 Å². The van der Waals surface area contributed by atoms with E-state index in [1.807, 2.05) is 0 Å². The smallest absolute Gasteiger partial charge is 0.0599 e. The van der Waals surface area contributed by atoms with Crippen LogP contribution in [0.15, 0.2) is 0 Å². The van der Waals surface area contributed by atoms with E-state index in [4.69, 9.17) is 0 Å². The van der Waals surface area contributed by atoms with Crippen molar-refractivity contribution in [2.45, 2.75) is 83.8 Å². The molecule has 4 aliphatic rings. The van der Waals surface area contributed by atoms with Crippen molar-refractivity contribution in [1.29, 1.82) is 0 Å². The van der Waals surface area contributed by atoms with Crippen LogP contribution in [0.2, 0.25) is 0 Å². The van der Waals surface area contributed by atoms with Gasteiger partial charge in [0.1, 0.15) is 0 Å². The summed E-state index contributed by atoms with van der Waals surface area (Å²) in [5.41, 5.74) is 0.465. The molecule has 120 valence electrons. The fraction of sp³-hybridized carbons (Fsp3) is 1.00. The van der Waals surface area contributed by atoms with E-state index < -0.39 is 0 Å². The van der Waals surface area contributed by atoms with E-state index in [1.54, 1.807) is 0 Å². The predicted octanol–water partition coefficient (Wildman–Crippen LogP) is 3.75. The maximum absolute atomic E-state index is 10.9. The molecule has 4 fully saturated rings. The summed E-state index contributed by atoms with van der Waals surface area (Å²) in [6.45, 7) is 4.79. The van der Waals surface area contributed by atoms with Gasteiger partial charge in [-0.2, -0.15) is 0 Å². The molecule has 0 aromatic heterocycles. The molecule has 2 heteroatoms. The minimum atomic E-state index is -0.143. The van der Waals surface area contributed by atoms with Crippen LogP contribution in [0, 0.1) is 34.5 Å². The molecule has 8 atom stereocenters. The van der Waals surface area contributed by atoms with E-state index in [0.29, 0.717) is 29.1 Å². The highest BCUT2D eigenvalue weighted by atomic mass is 16.3. The Hall–Kier alpha value is -0.0800. The molecule has 0 spiro atoms. The van der Waals surface area contributed by atoms with Gasteiger partial charge < -0.3 is 10.2 Å². The Kier molecular flexibility index (Phi) is 3.25. The van der Waals surface area contributed by atoms with Gasteiger partial charge in [0.05, 0.1) is 12.2 Å². The molecule has 4 saturated carbocycles. The molecule has 0 amide bonds. The van der Waals surface area contributed by atoms with E-state index in [2.05, 4.69) is 13.8 Å². The Balaban J connectivity index is 1.72. The Morgan fingerprint density at radius 1 is 0.810 bits per heavy atom. The van der Waals surface area contributed by atoms with Crippen molar-refractivity contribution in [3.05, 3.63) is 0 Å². The average molecular weight is 292 g/mol. The topological polar surface area (TPSA) is 40.5 Å². The lowest BCUT2D eigenvalue weighted by atomic mass is 9.44. The fourth-order valence-electron chi connectivity index (χ4n) is 7.21. The SMILES string of the molecule is C[C@]12CCCC[C@@H]1C[C@H](O)[C@@H]1[C@@H]2C[C@H](O)[C@]2(C)CCC[C@@H]12. The lowest BCUT2D eigenvalue weighted by Crippen LogP contribution is -2.60. The highest BCUT2D eigenvalue weighted by Crippen LogP contribution is 2.66. The Morgan fingerprint density at radius 2 is 1.57 bits per heavy atom. The summed E-state index contributed by atoms with van der Waals surface area (Å²) in [6, 6.07) is 0. The Morgan fingerprint density at radius 3 is 2.38 bits per heavy atom. The Bertz CT molecular complexity index is 422. The highest BCUT2D eigenvalue weighted by molar-refractivity contribution is 5.11. The minimum Gasteiger partial charge on any atom is -0.393 e. The molecular weight excluding hydrogens is 260 g/mol. The van der Waals surface area contributed by atoms with Crippen LogP contribution in [0.25, 0.3) is 0 Å². The zero-order valence-corrected chi connectivity index (χ0v) is 13.7. The highest BCUT2D eigenvalue weighted by Gasteiger charge is 2.62. The lowest BCUT2D eigenvalue weighted by Gasteiger charge is -2.62. The van der Waals surface area contributed by atoms with Crippen LogP contribution in [0.1, 0.15) is 71.6 Å². The molecule has 2 nitrogen and oxygen atoms in total. The molecule has 21 heavy (non-hydrogen) atoms. The van der Waals surface area contributed by atoms with Crippen LogP contribution in [-0.4, -0.2) is 22.4 Å². The number of aliphatic hydroxyl groups is 2. The van der Waals surface area contributed by atoms with Gasteiger partial charge in [0.15, 0.2) is 0 Å². The third-order valence-electron chi connectivity index (χ3n) is 8.51. The molecular formula is C19H32O2. The molecule has 4 rings (SSSR count). The van der Waals surface area contributed by atoms with Gasteiger partial charge in [0, 0.05) is 0 Å². The summed E-state index contributed by atoms with van der Waals surface area (Å²) >= 11 is 0. The summed E-state index contributed by atoms with van der Waals surface area (Å²) in [6.07, 6.45) is 10.7. The monoisotopic (exact) mass is 292 g/mol. The zero-order chi connectivity index (χ0) is 14.8. The molecule has 0 unspecified atom stereocenters. The van der Waals surface area contributed by atoms with Gasteiger partial charge in [-0.1, -0.05) is 33.1 Å². The van der Waals surface area contributed by atoms with E-state index in [0.717, 1.165) is 19.3 Å². The van der Waals surface area contributed by atoms with Crippen molar-refractivity contribution in [1.82, 2.24) is 0 Å². The predicted molar refractivity (Wildman–Crippen MR) is 83.7 cm³/mol. The van der Waals surface area contributed by atoms with Gasteiger partial charge in [0.2, 0.25) is 0 Å². The summed E-state index contributed by atoms with van der Waals surface area (Å²) in [4.78, 5) is 0. The van der Waals surface area contributed by atoms with Gasteiger partial charge in [0.25, 0.3) is 0 Å². The molecule has 4 aliphatic carbocycles. The molecule has 2 N–H and O–H groups in total. The second-order valence-electron chi connectivity index (χ2n) is 9.19. The fourth-order valence-corrected chi connectivity index (χ4v) is 7.21. The number of hydrogen-bond acceptors (Lipinski definition) is 2. The molecule has 0 bridgehead atoms. The number of fused-ring (bicyclic) bond motifs is 5. The third kappa shape index (κ3) is 1.84. The quantitative estimate of drug-likeness (QED) is 0.714. The van der Waals surface area contributed by atoms with E-state index in [9.17, 15) is 10.2 Å². The van der Waals surface area contributed by atoms with Crippen molar-refractivity contribution in [2.24, 2.45) is 34.5 Å². The maximum atomic E-state index is 10.9. The Labute approximate surface area is 129 Å². The average Bonchev–Trinajstić information content (AvgIpc) is 2.84. The van der Waals surface area contributed by atoms with E-state index in [1.165, 1.54) is 38.5 Å². The van der Waals surface area contributed by atoms with Crippen LogP contribution in [0.5, 0.6) is 0 Å². The zero-order valence-electron chi connectivity index (χ0n) is 13.7. The van der Waals surface area contributed by atoms with Gasteiger partial charge in [-0.15, -0.1) is 0 Å². The van der Waals surface area contributed by atoms with Crippen LogP contribution >= 0.6 is 0 Å². The van der Waals surface area contributed by atoms with Crippen LogP contribution in [0.4, 0.5) is 0 Å². The third-order valence-corrected chi connectivity index (χ3v) is 8.51. The van der Waals surface area contributed by atoms with E-state index in [-0.39, 0.29) is 17.6 Å². The second kappa shape index (κ2) is 4.71.